The number of carbonyl (C=O) groups excluding carboxylic acids is 1. The monoisotopic (exact) mass is 335 g/mol. The Morgan fingerprint density at radius 3 is 2.32 bits per heavy atom. The molecule has 0 bridgehead atoms. The van der Waals surface area contributed by atoms with Crippen molar-refractivity contribution in [2.75, 3.05) is 6.54 Å². The molecule has 1 heterocycles. The van der Waals surface area contributed by atoms with Gasteiger partial charge in [0.15, 0.2) is 0 Å². The summed E-state index contributed by atoms with van der Waals surface area (Å²) in [5.74, 6) is 0.220. The Balaban J connectivity index is 1.66. The van der Waals surface area contributed by atoms with E-state index in [4.69, 9.17) is 0 Å². The number of hydrogen-bond acceptors (Lipinski definition) is 2. The van der Waals surface area contributed by atoms with Crippen molar-refractivity contribution < 1.29 is 9.90 Å². The molecule has 1 aliphatic heterocycles. The highest BCUT2D eigenvalue weighted by atomic mass is 16.3. The summed E-state index contributed by atoms with van der Waals surface area (Å²) in [5.41, 5.74) is 0.926. The Hall–Kier alpha value is -2.13. The molecule has 1 saturated heterocycles. The summed E-state index contributed by atoms with van der Waals surface area (Å²) in [6.07, 6.45) is 4.83. The maximum absolute atomic E-state index is 13.0. The van der Waals surface area contributed by atoms with Gasteiger partial charge < -0.3 is 10.0 Å². The fourth-order valence-electron chi connectivity index (χ4n) is 4.77. The molecular weight excluding hydrogens is 310 g/mol. The third kappa shape index (κ3) is 2.87. The predicted molar refractivity (Wildman–Crippen MR) is 98.2 cm³/mol. The van der Waals surface area contributed by atoms with Crippen molar-refractivity contribution in [1.29, 1.82) is 0 Å². The number of likely N-dealkylation sites (tertiary alicyclic amines) is 1. The van der Waals surface area contributed by atoms with Crippen molar-refractivity contribution in [1.82, 2.24) is 4.90 Å². The number of amides is 1. The van der Waals surface area contributed by atoms with Gasteiger partial charge >= 0.3 is 0 Å². The van der Waals surface area contributed by atoms with E-state index in [1.54, 1.807) is 0 Å². The van der Waals surface area contributed by atoms with Crippen LogP contribution in [0.4, 0.5) is 0 Å². The molecule has 0 spiro atoms. The molecule has 1 aliphatic carbocycles. The van der Waals surface area contributed by atoms with E-state index >= 15 is 0 Å². The molecule has 2 aliphatic rings. The van der Waals surface area contributed by atoms with Crippen LogP contribution in [-0.2, 0) is 5.60 Å². The third-order valence-electron chi connectivity index (χ3n) is 6.03. The number of piperidine rings is 1. The Morgan fingerprint density at radius 2 is 1.60 bits per heavy atom. The van der Waals surface area contributed by atoms with Crippen molar-refractivity contribution in [3.63, 3.8) is 0 Å². The van der Waals surface area contributed by atoms with E-state index in [-0.39, 0.29) is 17.9 Å². The molecule has 3 atom stereocenters. The average molecular weight is 335 g/mol. The van der Waals surface area contributed by atoms with Crippen molar-refractivity contribution in [2.24, 2.45) is 5.92 Å². The largest absolute Gasteiger partial charge is 0.385 e. The second kappa shape index (κ2) is 6.64. The number of hydrogen-bond donors (Lipinski definition) is 1. The van der Waals surface area contributed by atoms with Crippen LogP contribution in [0.3, 0.4) is 0 Å². The number of rotatable bonds is 2. The molecule has 0 radical (unpaired) electrons. The van der Waals surface area contributed by atoms with Gasteiger partial charge in [-0.3, -0.25) is 4.79 Å². The highest BCUT2D eigenvalue weighted by Gasteiger charge is 2.50. The Bertz CT molecular complexity index is 730. The first-order valence-electron chi connectivity index (χ1n) is 9.34. The van der Waals surface area contributed by atoms with Crippen molar-refractivity contribution in [3.8, 4) is 0 Å². The van der Waals surface area contributed by atoms with Gasteiger partial charge in [-0.05, 0) is 37.0 Å². The van der Waals surface area contributed by atoms with Crippen LogP contribution < -0.4 is 0 Å². The minimum atomic E-state index is -0.820. The highest BCUT2D eigenvalue weighted by Crippen LogP contribution is 2.47. The lowest BCUT2D eigenvalue weighted by atomic mass is 9.66. The van der Waals surface area contributed by atoms with Crippen molar-refractivity contribution in [3.05, 3.63) is 71.8 Å². The first kappa shape index (κ1) is 16.3. The quantitative estimate of drug-likeness (QED) is 0.902. The molecule has 1 N–H and O–H groups in total. The average Bonchev–Trinajstić information content (AvgIpc) is 2.69. The summed E-state index contributed by atoms with van der Waals surface area (Å²) in [7, 11) is 0. The Morgan fingerprint density at radius 1 is 0.960 bits per heavy atom. The molecule has 1 saturated carbocycles. The van der Waals surface area contributed by atoms with Crippen LogP contribution >= 0.6 is 0 Å². The maximum Gasteiger partial charge on any atom is 0.254 e. The number of aliphatic hydroxyl groups is 1. The molecule has 1 unspecified atom stereocenters. The lowest BCUT2D eigenvalue weighted by molar-refractivity contribution is -0.110. The predicted octanol–water partition coefficient (Wildman–Crippen LogP) is 3.98. The van der Waals surface area contributed by atoms with Gasteiger partial charge in [-0.1, -0.05) is 61.4 Å². The topological polar surface area (TPSA) is 40.5 Å². The zero-order chi connectivity index (χ0) is 17.3. The van der Waals surface area contributed by atoms with E-state index in [9.17, 15) is 9.90 Å². The minimum absolute atomic E-state index is 0.104. The summed E-state index contributed by atoms with van der Waals surface area (Å²) in [5, 5.41) is 11.6. The van der Waals surface area contributed by atoms with Gasteiger partial charge in [0, 0.05) is 24.1 Å². The van der Waals surface area contributed by atoms with Crippen LogP contribution in [0, 0.1) is 5.92 Å². The van der Waals surface area contributed by atoms with E-state index in [1.807, 2.05) is 65.6 Å². The van der Waals surface area contributed by atoms with Gasteiger partial charge in [-0.15, -0.1) is 0 Å². The molecule has 2 fully saturated rings. The van der Waals surface area contributed by atoms with Crippen molar-refractivity contribution >= 4 is 5.91 Å². The summed E-state index contributed by atoms with van der Waals surface area (Å²) < 4.78 is 0. The van der Waals surface area contributed by atoms with Gasteiger partial charge in [0.1, 0.15) is 0 Å². The first-order valence-corrected chi connectivity index (χ1v) is 9.34. The number of benzene rings is 2. The van der Waals surface area contributed by atoms with E-state index in [2.05, 4.69) is 0 Å². The summed E-state index contributed by atoms with van der Waals surface area (Å²) in [4.78, 5) is 15.1. The number of fused-ring (bicyclic) bond motifs is 1. The van der Waals surface area contributed by atoms with Crippen LogP contribution in [0.15, 0.2) is 60.7 Å². The van der Waals surface area contributed by atoms with Crippen molar-refractivity contribution in [2.45, 2.75) is 43.7 Å². The summed E-state index contributed by atoms with van der Waals surface area (Å²) in [6.45, 7) is 0.611. The fourth-order valence-corrected chi connectivity index (χ4v) is 4.77. The SMILES string of the molecule is O=C(c1ccccc1)N1CCC(O)(c2ccccc2)[C@@H]2CCCC[C@@H]21. The smallest absolute Gasteiger partial charge is 0.254 e. The molecule has 25 heavy (non-hydrogen) atoms. The zero-order valence-electron chi connectivity index (χ0n) is 14.5. The third-order valence-corrected chi connectivity index (χ3v) is 6.03. The van der Waals surface area contributed by atoms with E-state index < -0.39 is 5.60 Å². The maximum atomic E-state index is 13.0. The standard InChI is InChI=1S/C22H25NO2/c24-21(17-9-3-1-4-10-17)23-16-15-22(25,18-11-5-2-6-12-18)19-13-7-8-14-20(19)23/h1-6,9-12,19-20,25H,7-8,13-16H2/t19-,20+,22?/m1/s1. The number of carbonyl (C=O) groups is 1. The van der Waals surface area contributed by atoms with Gasteiger partial charge in [-0.2, -0.15) is 0 Å². The zero-order valence-corrected chi connectivity index (χ0v) is 14.5. The molecule has 2 aromatic carbocycles. The van der Waals surface area contributed by atoms with Gasteiger partial charge in [0.2, 0.25) is 0 Å². The molecule has 1 amide bonds. The minimum Gasteiger partial charge on any atom is -0.385 e. The van der Waals surface area contributed by atoms with Crippen LogP contribution in [0.2, 0.25) is 0 Å². The van der Waals surface area contributed by atoms with Gasteiger partial charge in [0.25, 0.3) is 5.91 Å². The first-order chi connectivity index (χ1) is 12.2. The molecule has 2 aromatic rings. The molecule has 0 aromatic heterocycles. The molecule has 3 nitrogen and oxygen atoms in total. The molecule has 130 valence electrons. The molecule has 3 heteroatoms. The Kier molecular flexibility index (Phi) is 4.34. The number of nitrogens with zero attached hydrogens (tertiary/aromatic N) is 1. The van der Waals surface area contributed by atoms with Gasteiger partial charge in [-0.25, -0.2) is 0 Å². The van der Waals surface area contributed by atoms with Gasteiger partial charge in [0.05, 0.1) is 5.60 Å². The second-order valence-electron chi connectivity index (χ2n) is 7.36. The fraction of sp³-hybridized carbons (Fsp3) is 0.409. The summed E-state index contributed by atoms with van der Waals surface area (Å²) in [6, 6.07) is 19.7. The van der Waals surface area contributed by atoms with Crippen LogP contribution in [0.25, 0.3) is 0 Å². The van der Waals surface area contributed by atoms with E-state index in [0.29, 0.717) is 13.0 Å². The lowest BCUT2D eigenvalue weighted by Gasteiger charge is -2.52. The highest BCUT2D eigenvalue weighted by molar-refractivity contribution is 5.94. The second-order valence-corrected chi connectivity index (χ2v) is 7.36. The van der Waals surface area contributed by atoms with Crippen LogP contribution in [0.5, 0.6) is 0 Å². The van der Waals surface area contributed by atoms with E-state index in [1.165, 1.54) is 0 Å². The molecular formula is C22H25NO2. The van der Waals surface area contributed by atoms with Crippen LogP contribution in [0.1, 0.15) is 48.0 Å². The molecule has 4 rings (SSSR count). The van der Waals surface area contributed by atoms with E-state index in [0.717, 1.165) is 36.8 Å². The van der Waals surface area contributed by atoms with Crippen LogP contribution in [-0.4, -0.2) is 28.5 Å². The Labute approximate surface area is 149 Å². The lowest BCUT2D eigenvalue weighted by Crippen LogP contribution is -2.58. The normalized spacial score (nSPS) is 29.1. The summed E-state index contributed by atoms with van der Waals surface area (Å²) >= 11 is 0.